The molecule has 0 bridgehead atoms. The van der Waals surface area contributed by atoms with Crippen molar-refractivity contribution in [2.45, 2.75) is 19.4 Å². The van der Waals surface area contributed by atoms with E-state index in [1.165, 1.54) is 6.07 Å². The zero-order valence-corrected chi connectivity index (χ0v) is 9.71. The van der Waals surface area contributed by atoms with Crippen molar-refractivity contribution in [2.75, 3.05) is 0 Å². The molecule has 1 aromatic rings. The first-order valence-electron chi connectivity index (χ1n) is 4.35. The minimum absolute atomic E-state index is 0.00468. The average Bonchev–Trinajstić information content (AvgIpc) is 2.18. The van der Waals surface area contributed by atoms with Gasteiger partial charge in [0, 0.05) is 10.9 Å². The number of hydrogen-bond acceptors (Lipinski definition) is 2. The molecular weight excluding hydrogens is 265 g/mol. The first-order valence-corrected chi connectivity index (χ1v) is 5.14. The topological polar surface area (TPSA) is 63.3 Å². The van der Waals surface area contributed by atoms with E-state index >= 15 is 0 Å². The predicted molar refractivity (Wildman–Crippen MR) is 58.2 cm³/mol. The van der Waals surface area contributed by atoms with E-state index in [-0.39, 0.29) is 6.42 Å². The van der Waals surface area contributed by atoms with Gasteiger partial charge in [0.25, 0.3) is 0 Å². The fraction of sp³-hybridized carbons (Fsp3) is 0.300. The Kier molecular flexibility index (Phi) is 3.82. The summed E-state index contributed by atoms with van der Waals surface area (Å²) < 4.78 is 14.3. The molecule has 1 atom stereocenters. The molecule has 1 aromatic carbocycles. The van der Waals surface area contributed by atoms with Crippen LogP contribution in [-0.2, 0) is 11.2 Å². The Labute approximate surface area is 95.2 Å². The van der Waals surface area contributed by atoms with Crippen LogP contribution >= 0.6 is 15.9 Å². The van der Waals surface area contributed by atoms with Gasteiger partial charge in [0.15, 0.2) is 0 Å². The molecule has 0 fully saturated rings. The summed E-state index contributed by atoms with van der Waals surface area (Å²) in [5.41, 5.74) is 6.12. The van der Waals surface area contributed by atoms with Crippen LogP contribution < -0.4 is 5.73 Å². The molecule has 0 saturated carbocycles. The molecule has 0 saturated heterocycles. The van der Waals surface area contributed by atoms with E-state index in [1.807, 2.05) is 0 Å². The van der Waals surface area contributed by atoms with Crippen molar-refractivity contribution in [3.8, 4) is 0 Å². The number of benzene rings is 1. The second kappa shape index (κ2) is 4.72. The third-order valence-corrected chi connectivity index (χ3v) is 3.02. The average molecular weight is 276 g/mol. The summed E-state index contributed by atoms with van der Waals surface area (Å²) in [4.78, 5) is 10.5. The molecule has 0 aliphatic carbocycles. The summed E-state index contributed by atoms with van der Waals surface area (Å²) in [5.74, 6) is -1.53. The van der Waals surface area contributed by atoms with Crippen molar-refractivity contribution < 1.29 is 14.3 Å². The molecule has 0 spiro atoms. The SMILES string of the molecule is Cc1c(Br)ccc(CC(N)C(=O)O)c1F. The first kappa shape index (κ1) is 12.1. The van der Waals surface area contributed by atoms with Crippen LogP contribution in [0.15, 0.2) is 16.6 Å². The Morgan fingerprint density at radius 3 is 2.80 bits per heavy atom. The first-order chi connectivity index (χ1) is 6.93. The summed E-state index contributed by atoms with van der Waals surface area (Å²) in [7, 11) is 0. The fourth-order valence-electron chi connectivity index (χ4n) is 1.20. The van der Waals surface area contributed by atoms with Crippen LogP contribution in [0.5, 0.6) is 0 Å². The maximum atomic E-state index is 13.6. The molecule has 0 aliphatic heterocycles. The number of halogens is 2. The quantitative estimate of drug-likeness (QED) is 0.885. The van der Waals surface area contributed by atoms with Gasteiger partial charge in [-0.25, -0.2) is 4.39 Å². The minimum Gasteiger partial charge on any atom is -0.480 e. The molecule has 1 unspecified atom stereocenters. The summed E-state index contributed by atoms with van der Waals surface area (Å²) in [6.45, 7) is 1.62. The predicted octanol–water partition coefficient (Wildman–Crippen LogP) is 1.85. The lowest BCUT2D eigenvalue weighted by atomic mass is 10.0. The number of carbonyl (C=O) groups is 1. The lowest BCUT2D eigenvalue weighted by Gasteiger charge is -2.09. The highest BCUT2D eigenvalue weighted by Gasteiger charge is 2.16. The van der Waals surface area contributed by atoms with Crippen LogP contribution in [-0.4, -0.2) is 17.1 Å². The Morgan fingerprint density at radius 1 is 1.67 bits per heavy atom. The summed E-state index contributed by atoms with van der Waals surface area (Å²) in [6, 6.07) is 2.15. The van der Waals surface area contributed by atoms with E-state index in [0.717, 1.165) is 0 Å². The number of carboxylic acid groups (broad SMARTS) is 1. The van der Waals surface area contributed by atoms with Crippen molar-refractivity contribution in [3.63, 3.8) is 0 Å². The van der Waals surface area contributed by atoms with Gasteiger partial charge in [0.2, 0.25) is 0 Å². The molecule has 3 nitrogen and oxygen atoms in total. The normalized spacial score (nSPS) is 12.5. The Morgan fingerprint density at radius 2 is 2.27 bits per heavy atom. The maximum absolute atomic E-state index is 13.6. The molecule has 1 rings (SSSR count). The third-order valence-electron chi connectivity index (χ3n) is 2.16. The van der Waals surface area contributed by atoms with Crippen molar-refractivity contribution in [3.05, 3.63) is 33.5 Å². The van der Waals surface area contributed by atoms with E-state index in [4.69, 9.17) is 10.8 Å². The number of hydrogen-bond donors (Lipinski definition) is 2. The second-order valence-corrected chi connectivity index (χ2v) is 4.15. The summed E-state index contributed by atoms with van der Waals surface area (Å²) >= 11 is 3.19. The zero-order valence-electron chi connectivity index (χ0n) is 8.13. The maximum Gasteiger partial charge on any atom is 0.320 e. The molecule has 0 heterocycles. The van der Waals surface area contributed by atoms with Crippen LogP contribution in [0.4, 0.5) is 4.39 Å². The highest BCUT2D eigenvalue weighted by atomic mass is 79.9. The van der Waals surface area contributed by atoms with Gasteiger partial charge in [-0.3, -0.25) is 4.79 Å². The number of rotatable bonds is 3. The Balaban J connectivity index is 2.97. The minimum atomic E-state index is -1.13. The van der Waals surface area contributed by atoms with Gasteiger partial charge in [-0.15, -0.1) is 0 Å². The smallest absolute Gasteiger partial charge is 0.320 e. The molecule has 0 aromatic heterocycles. The van der Waals surface area contributed by atoms with E-state index < -0.39 is 17.8 Å². The number of carboxylic acids is 1. The second-order valence-electron chi connectivity index (χ2n) is 3.29. The van der Waals surface area contributed by atoms with E-state index in [0.29, 0.717) is 15.6 Å². The molecule has 3 N–H and O–H groups in total. The molecular formula is C10H11BrFNO2. The largest absolute Gasteiger partial charge is 0.480 e. The zero-order chi connectivity index (χ0) is 11.6. The van der Waals surface area contributed by atoms with Gasteiger partial charge < -0.3 is 10.8 Å². The lowest BCUT2D eigenvalue weighted by Crippen LogP contribution is -2.32. The van der Waals surface area contributed by atoms with Gasteiger partial charge in [0.05, 0.1) is 0 Å². The van der Waals surface area contributed by atoms with Gasteiger partial charge >= 0.3 is 5.97 Å². The van der Waals surface area contributed by atoms with Crippen LogP contribution in [0.3, 0.4) is 0 Å². The fourth-order valence-corrected chi connectivity index (χ4v) is 1.51. The molecule has 15 heavy (non-hydrogen) atoms. The molecule has 5 heteroatoms. The van der Waals surface area contributed by atoms with Crippen molar-refractivity contribution in [2.24, 2.45) is 5.73 Å². The molecule has 0 aliphatic rings. The molecule has 82 valence electrons. The van der Waals surface area contributed by atoms with Crippen LogP contribution in [0, 0.1) is 12.7 Å². The van der Waals surface area contributed by atoms with Crippen molar-refractivity contribution >= 4 is 21.9 Å². The van der Waals surface area contributed by atoms with Crippen molar-refractivity contribution in [1.29, 1.82) is 0 Å². The van der Waals surface area contributed by atoms with E-state index in [9.17, 15) is 9.18 Å². The van der Waals surface area contributed by atoms with Crippen molar-refractivity contribution in [1.82, 2.24) is 0 Å². The monoisotopic (exact) mass is 275 g/mol. The van der Waals surface area contributed by atoms with Crippen LogP contribution in [0.1, 0.15) is 11.1 Å². The van der Waals surface area contributed by atoms with Gasteiger partial charge in [0.1, 0.15) is 11.9 Å². The van der Waals surface area contributed by atoms with E-state index in [2.05, 4.69) is 15.9 Å². The Bertz CT molecular complexity index is 395. The summed E-state index contributed by atoms with van der Waals surface area (Å²) in [6.07, 6.45) is -0.00468. The Hall–Kier alpha value is -0.940. The van der Waals surface area contributed by atoms with Gasteiger partial charge in [-0.05, 0) is 24.1 Å². The van der Waals surface area contributed by atoms with Gasteiger partial charge in [-0.2, -0.15) is 0 Å². The molecule has 0 radical (unpaired) electrons. The number of nitrogens with two attached hydrogens (primary N) is 1. The van der Waals surface area contributed by atoms with E-state index in [1.54, 1.807) is 13.0 Å². The lowest BCUT2D eigenvalue weighted by molar-refractivity contribution is -0.138. The van der Waals surface area contributed by atoms with Crippen LogP contribution in [0.2, 0.25) is 0 Å². The molecule has 0 amide bonds. The highest BCUT2D eigenvalue weighted by Crippen LogP contribution is 2.22. The van der Waals surface area contributed by atoms with Gasteiger partial charge in [-0.1, -0.05) is 22.0 Å². The number of aliphatic carboxylic acids is 1. The highest BCUT2D eigenvalue weighted by molar-refractivity contribution is 9.10. The summed E-state index contributed by atoms with van der Waals surface area (Å²) in [5, 5.41) is 8.60. The third kappa shape index (κ3) is 2.76. The standard InChI is InChI=1S/C10H11BrFNO2/c1-5-7(11)3-2-6(9(5)12)4-8(13)10(14)15/h2-3,8H,4,13H2,1H3,(H,14,15). The van der Waals surface area contributed by atoms with Crippen LogP contribution in [0.25, 0.3) is 0 Å².